The van der Waals surface area contributed by atoms with Gasteiger partial charge in [-0.1, -0.05) is 32.0 Å². The first-order valence-electron chi connectivity index (χ1n) is 10.6. The number of hydrogen-bond acceptors (Lipinski definition) is 4. The van der Waals surface area contributed by atoms with Crippen LogP contribution in [-0.2, 0) is 27.2 Å². The summed E-state index contributed by atoms with van der Waals surface area (Å²) in [6.45, 7) is 8.72. The van der Waals surface area contributed by atoms with Crippen molar-refractivity contribution >= 4 is 17.5 Å². The SMILES string of the molecule is CCc1cccc(CC)c1NC(=O)CN1CCCC(C(=O)N2CCOCC2)C1. The Morgan fingerprint density at radius 3 is 2.43 bits per heavy atom. The fraction of sp³-hybridized carbons (Fsp3) is 0.636. The molecular formula is C22H33N3O3. The largest absolute Gasteiger partial charge is 0.378 e. The number of nitrogens with one attached hydrogen (secondary N) is 1. The molecule has 2 aliphatic rings. The van der Waals surface area contributed by atoms with Crippen molar-refractivity contribution in [3.63, 3.8) is 0 Å². The zero-order valence-electron chi connectivity index (χ0n) is 17.2. The number of likely N-dealkylation sites (tertiary alicyclic amines) is 1. The molecule has 0 bridgehead atoms. The second-order valence-corrected chi connectivity index (χ2v) is 7.72. The van der Waals surface area contributed by atoms with Crippen LogP contribution in [0, 0.1) is 5.92 Å². The van der Waals surface area contributed by atoms with E-state index in [1.54, 1.807) is 0 Å². The molecule has 0 radical (unpaired) electrons. The number of ether oxygens (including phenoxy) is 1. The van der Waals surface area contributed by atoms with Crippen molar-refractivity contribution in [1.29, 1.82) is 0 Å². The number of benzene rings is 1. The lowest BCUT2D eigenvalue weighted by Crippen LogP contribution is -2.49. The minimum atomic E-state index is -0.00576. The number of para-hydroxylation sites is 1. The molecule has 1 N–H and O–H groups in total. The van der Waals surface area contributed by atoms with E-state index in [1.807, 2.05) is 4.90 Å². The summed E-state index contributed by atoms with van der Waals surface area (Å²) in [5, 5.41) is 3.14. The molecule has 3 rings (SSSR count). The Bertz CT molecular complexity index is 663. The molecule has 28 heavy (non-hydrogen) atoms. The number of aryl methyl sites for hydroxylation is 2. The maximum Gasteiger partial charge on any atom is 0.238 e. The Kier molecular flexibility index (Phi) is 7.45. The second kappa shape index (κ2) is 10.0. The second-order valence-electron chi connectivity index (χ2n) is 7.72. The number of anilines is 1. The first-order valence-corrected chi connectivity index (χ1v) is 10.6. The van der Waals surface area contributed by atoms with Crippen molar-refractivity contribution in [2.75, 3.05) is 51.3 Å². The van der Waals surface area contributed by atoms with E-state index >= 15 is 0 Å². The summed E-state index contributed by atoms with van der Waals surface area (Å²) < 4.78 is 5.35. The molecule has 1 aromatic rings. The van der Waals surface area contributed by atoms with Crippen molar-refractivity contribution in [2.24, 2.45) is 5.92 Å². The Morgan fingerprint density at radius 2 is 1.79 bits per heavy atom. The quantitative estimate of drug-likeness (QED) is 0.814. The van der Waals surface area contributed by atoms with Gasteiger partial charge in [0.15, 0.2) is 0 Å². The summed E-state index contributed by atoms with van der Waals surface area (Å²) in [6.07, 6.45) is 3.65. The van der Waals surface area contributed by atoms with E-state index in [4.69, 9.17) is 4.74 Å². The smallest absolute Gasteiger partial charge is 0.238 e. The van der Waals surface area contributed by atoms with Gasteiger partial charge in [-0.15, -0.1) is 0 Å². The van der Waals surface area contributed by atoms with Gasteiger partial charge in [-0.3, -0.25) is 14.5 Å². The van der Waals surface area contributed by atoms with E-state index in [-0.39, 0.29) is 17.7 Å². The van der Waals surface area contributed by atoms with Gasteiger partial charge >= 0.3 is 0 Å². The third kappa shape index (κ3) is 5.11. The molecule has 2 amide bonds. The fourth-order valence-electron chi connectivity index (χ4n) is 4.23. The number of hydrogen-bond donors (Lipinski definition) is 1. The van der Waals surface area contributed by atoms with Gasteiger partial charge in [0.1, 0.15) is 0 Å². The molecule has 0 spiro atoms. The van der Waals surface area contributed by atoms with Crippen LogP contribution in [0.2, 0.25) is 0 Å². The highest BCUT2D eigenvalue weighted by molar-refractivity contribution is 5.94. The molecule has 6 nitrogen and oxygen atoms in total. The highest BCUT2D eigenvalue weighted by atomic mass is 16.5. The van der Waals surface area contributed by atoms with Crippen molar-refractivity contribution in [3.8, 4) is 0 Å². The molecule has 1 atom stereocenters. The summed E-state index contributed by atoms with van der Waals surface area (Å²) in [4.78, 5) is 29.6. The molecule has 6 heteroatoms. The summed E-state index contributed by atoms with van der Waals surface area (Å²) >= 11 is 0. The Balaban J connectivity index is 1.58. The van der Waals surface area contributed by atoms with Gasteiger partial charge in [0.05, 0.1) is 25.7 Å². The molecule has 2 fully saturated rings. The van der Waals surface area contributed by atoms with E-state index in [1.165, 1.54) is 11.1 Å². The van der Waals surface area contributed by atoms with Gasteiger partial charge in [-0.05, 0) is 43.4 Å². The van der Waals surface area contributed by atoms with Crippen LogP contribution in [0.15, 0.2) is 18.2 Å². The predicted octanol–water partition coefficient (Wildman–Crippen LogP) is 2.32. The average Bonchev–Trinajstić information content (AvgIpc) is 2.74. The number of nitrogens with zero attached hydrogens (tertiary/aromatic N) is 2. The monoisotopic (exact) mass is 387 g/mol. The van der Waals surface area contributed by atoms with Crippen LogP contribution in [0.4, 0.5) is 5.69 Å². The van der Waals surface area contributed by atoms with Crippen molar-refractivity contribution < 1.29 is 14.3 Å². The molecule has 154 valence electrons. The molecule has 0 saturated carbocycles. The van der Waals surface area contributed by atoms with Crippen LogP contribution in [0.3, 0.4) is 0 Å². The van der Waals surface area contributed by atoms with Crippen molar-refractivity contribution in [1.82, 2.24) is 9.80 Å². The van der Waals surface area contributed by atoms with Gasteiger partial charge in [0.2, 0.25) is 11.8 Å². The van der Waals surface area contributed by atoms with E-state index in [9.17, 15) is 9.59 Å². The molecule has 0 aliphatic carbocycles. The van der Waals surface area contributed by atoms with Crippen LogP contribution >= 0.6 is 0 Å². The number of carbonyl (C=O) groups is 2. The molecule has 0 aromatic heterocycles. The molecule has 2 heterocycles. The molecule has 1 aromatic carbocycles. The third-order valence-electron chi connectivity index (χ3n) is 5.81. The van der Waals surface area contributed by atoms with Crippen LogP contribution in [0.1, 0.15) is 37.8 Å². The minimum absolute atomic E-state index is 0.00576. The van der Waals surface area contributed by atoms with Crippen LogP contribution < -0.4 is 5.32 Å². The van der Waals surface area contributed by atoms with E-state index in [2.05, 4.69) is 42.3 Å². The van der Waals surface area contributed by atoms with Crippen LogP contribution in [0.5, 0.6) is 0 Å². The number of morpholine rings is 1. The topological polar surface area (TPSA) is 61.9 Å². The summed E-state index contributed by atoms with van der Waals surface area (Å²) in [5.74, 6) is 0.224. The number of rotatable bonds is 6. The van der Waals surface area contributed by atoms with Crippen molar-refractivity contribution in [3.05, 3.63) is 29.3 Å². The zero-order valence-corrected chi connectivity index (χ0v) is 17.2. The van der Waals surface area contributed by atoms with E-state index in [0.29, 0.717) is 39.4 Å². The zero-order chi connectivity index (χ0) is 19.9. The summed E-state index contributed by atoms with van der Waals surface area (Å²) in [7, 11) is 0. The lowest BCUT2D eigenvalue weighted by Gasteiger charge is -2.36. The van der Waals surface area contributed by atoms with Crippen LogP contribution in [0.25, 0.3) is 0 Å². The maximum absolute atomic E-state index is 12.8. The predicted molar refractivity (Wildman–Crippen MR) is 110 cm³/mol. The normalized spacial score (nSPS) is 20.8. The number of amides is 2. The third-order valence-corrected chi connectivity index (χ3v) is 5.81. The van der Waals surface area contributed by atoms with Crippen LogP contribution in [-0.4, -0.2) is 67.6 Å². The van der Waals surface area contributed by atoms with Crippen molar-refractivity contribution in [2.45, 2.75) is 39.5 Å². The molecular weight excluding hydrogens is 354 g/mol. The van der Waals surface area contributed by atoms with Gasteiger partial charge < -0.3 is 15.0 Å². The first kappa shape index (κ1) is 20.8. The Hall–Kier alpha value is -1.92. The van der Waals surface area contributed by atoms with Gasteiger partial charge in [-0.25, -0.2) is 0 Å². The van der Waals surface area contributed by atoms with Gasteiger partial charge in [0.25, 0.3) is 0 Å². The molecule has 2 aliphatic heterocycles. The molecule has 2 saturated heterocycles. The maximum atomic E-state index is 12.8. The Labute approximate surface area is 168 Å². The lowest BCUT2D eigenvalue weighted by atomic mass is 9.96. The standard InChI is InChI=1S/C22H33N3O3/c1-3-17-7-5-8-18(4-2)21(17)23-20(26)16-24-10-6-9-19(15-24)22(27)25-11-13-28-14-12-25/h5,7-8,19H,3-4,6,9-16H2,1-2H3,(H,23,26). The highest BCUT2D eigenvalue weighted by Gasteiger charge is 2.30. The number of carbonyl (C=O) groups excluding carboxylic acids is 2. The lowest BCUT2D eigenvalue weighted by molar-refractivity contribution is -0.141. The van der Waals surface area contributed by atoms with Gasteiger partial charge in [-0.2, -0.15) is 0 Å². The first-order chi connectivity index (χ1) is 13.6. The highest BCUT2D eigenvalue weighted by Crippen LogP contribution is 2.23. The fourth-order valence-corrected chi connectivity index (χ4v) is 4.23. The Morgan fingerprint density at radius 1 is 1.11 bits per heavy atom. The van der Waals surface area contributed by atoms with E-state index < -0.39 is 0 Å². The minimum Gasteiger partial charge on any atom is -0.378 e. The van der Waals surface area contributed by atoms with E-state index in [0.717, 1.165) is 37.9 Å². The average molecular weight is 388 g/mol. The van der Waals surface area contributed by atoms with Gasteiger partial charge in [0, 0.05) is 25.3 Å². The number of piperidine rings is 1. The molecule has 1 unspecified atom stereocenters. The summed E-state index contributed by atoms with van der Waals surface area (Å²) in [6, 6.07) is 6.21. The summed E-state index contributed by atoms with van der Waals surface area (Å²) in [5.41, 5.74) is 3.31.